The maximum Gasteiger partial charge on any atom is 0.153 e. The Morgan fingerprint density at radius 1 is 1.14 bits per heavy atom. The third-order valence-corrected chi connectivity index (χ3v) is 5.07. The second-order valence-corrected chi connectivity index (χ2v) is 7.52. The fraction of sp³-hybridized carbons (Fsp3) is 0.625. The van der Waals surface area contributed by atoms with Crippen molar-refractivity contribution in [2.75, 3.05) is 24.7 Å². The predicted molar refractivity (Wildman–Crippen MR) is 87.6 cm³/mol. The molecule has 1 aromatic carbocycles. The van der Waals surface area contributed by atoms with Crippen molar-refractivity contribution in [3.05, 3.63) is 29.8 Å². The van der Waals surface area contributed by atoms with E-state index in [9.17, 15) is 8.42 Å². The number of ether oxygens (including phenoxy) is 1. The summed E-state index contributed by atoms with van der Waals surface area (Å²) in [6.07, 6.45) is 1.72. The summed E-state index contributed by atoms with van der Waals surface area (Å²) < 4.78 is 29.1. The summed E-state index contributed by atoms with van der Waals surface area (Å²) in [5.74, 6) is 1.07. The van der Waals surface area contributed by atoms with E-state index in [1.165, 1.54) is 0 Å². The lowest BCUT2D eigenvalue weighted by Crippen LogP contribution is -2.21. The van der Waals surface area contributed by atoms with Gasteiger partial charge in [-0.25, -0.2) is 8.42 Å². The number of hydrogen-bond acceptors (Lipinski definition) is 4. The molecule has 0 heterocycles. The first-order chi connectivity index (χ1) is 10.00. The lowest BCUT2D eigenvalue weighted by Gasteiger charge is -2.18. The highest BCUT2D eigenvalue weighted by Crippen LogP contribution is 2.24. The molecule has 0 aliphatic heterocycles. The molecule has 120 valence electrons. The SMILES string of the molecule is CCCNC(C)c1ccccc1OCCS(=O)(=O)CCC. The van der Waals surface area contributed by atoms with Crippen LogP contribution < -0.4 is 10.1 Å². The second kappa shape index (κ2) is 9.05. The van der Waals surface area contributed by atoms with Gasteiger partial charge in [0.2, 0.25) is 0 Å². The maximum atomic E-state index is 11.7. The smallest absolute Gasteiger partial charge is 0.153 e. The minimum Gasteiger partial charge on any atom is -0.492 e. The number of benzene rings is 1. The van der Waals surface area contributed by atoms with E-state index in [0.29, 0.717) is 6.42 Å². The van der Waals surface area contributed by atoms with Crippen molar-refractivity contribution >= 4 is 9.84 Å². The molecule has 0 amide bonds. The van der Waals surface area contributed by atoms with Gasteiger partial charge in [-0.15, -0.1) is 0 Å². The van der Waals surface area contributed by atoms with Crippen LogP contribution in [0.1, 0.15) is 45.2 Å². The van der Waals surface area contributed by atoms with Gasteiger partial charge in [0.15, 0.2) is 9.84 Å². The molecule has 1 N–H and O–H groups in total. The predicted octanol–water partition coefficient (Wildman–Crippen LogP) is 2.95. The van der Waals surface area contributed by atoms with Crippen LogP contribution >= 0.6 is 0 Å². The Kier molecular flexibility index (Phi) is 7.75. The Labute approximate surface area is 128 Å². The summed E-state index contributed by atoms with van der Waals surface area (Å²) >= 11 is 0. The number of nitrogens with one attached hydrogen (secondary N) is 1. The van der Waals surface area contributed by atoms with Crippen LogP contribution in [-0.2, 0) is 9.84 Å². The van der Waals surface area contributed by atoms with Crippen LogP contribution in [-0.4, -0.2) is 33.1 Å². The minimum absolute atomic E-state index is 0.0753. The minimum atomic E-state index is -2.99. The van der Waals surface area contributed by atoms with Gasteiger partial charge in [-0.2, -0.15) is 0 Å². The summed E-state index contributed by atoms with van der Waals surface area (Å²) in [6.45, 7) is 7.24. The summed E-state index contributed by atoms with van der Waals surface area (Å²) in [4.78, 5) is 0. The number of sulfone groups is 1. The molecule has 5 heteroatoms. The maximum absolute atomic E-state index is 11.7. The number of hydrogen-bond donors (Lipinski definition) is 1. The van der Waals surface area contributed by atoms with Crippen molar-refractivity contribution in [3.8, 4) is 5.75 Å². The molecule has 0 radical (unpaired) electrons. The molecule has 0 saturated carbocycles. The molecule has 1 aromatic rings. The van der Waals surface area contributed by atoms with Crippen LogP contribution in [0.15, 0.2) is 24.3 Å². The Morgan fingerprint density at radius 2 is 1.86 bits per heavy atom. The highest BCUT2D eigenvalue weighted by atomic mass is 32.2. The molecule has 0 fully saturated rings. The average molecular weight is 313 g/mol. The van der Waals surface area contributed by atoms with Crippen molar-refractivity contribution < 1.29 is 13.2 Å². The third-order valence-electron chi connectivity index (χ3n) is 3.25. The van der Waals surface area contributed by atoms with Gasteiger partial charge in [-0.05, 0) is 32.4 Å². The molecular weight excluding hydrogens is 286 g/mol. The second-order valence-electron chi connectivity index (χ2n) is 5.21. The average Bonchev–Trinajstić information content (AvgIpc) is 2.45. The Bertz CT molecular complexity index is 514. The summed E-state index contributed by atoms with van der Waals surface area (Å²) in [7, 11) is -2.99. The van der Waals surface area contributed by atoms with Gasteiger partial charge < -0.3 is 10.1 Å². The van der Waals surface area contributed by atoms with Gasteiger partial charge in [-0.1, -0.05) is 32.0 Å². The largest absolute Gasteiger partial charge is 0.492 e. The molecule has 4 nitrogen and oxygen atoms in total. The molecule has 0 saturated heterocycles. The van der Waals surface area contributed by atoms with Crippen LogP contribution in [0.25, 0.3) is 0 Å². The molecule has 0 aliphatic carbocycles. The van der Waals surface area contributed by atoms with Gasteiger partial charge in [0.1, 0.15) is 12.4 Å². The zero-order valence-electron chi connectivity index (χ0n) is 13.3. The van der Waals surface area contributed by atoms with E-state index >= 15 is 0 Å². The molecule has 1 atom stereocenters. The first-order valence-electron chi connectivity index (χ1n) is 7.65. The van der Waals surface area contributed by atoms with Crippen molar-refractivity contribution in [2.45, 2.75) is 39.7 Å². The quantitative estimate of drug-likeness (QED) is 0.721. The van der Waals surface area contributed by atoms with E-state index in [2.05, 4.69) is 19.2 Å². The molecule has 0 spiro atoms. The summed E-state index contributed by atoms with van der Waals surface area (Å²) in [6, 6.07) is 7.98. The van der Waals surface area contributed by atoms with Gasteiger partial charge in [0.05, 0.1) is 11.5 Å². The molecule has 0 aliphatic rings. The van der Waals surface area contributed by atoms with Crippen LogP contribution in [0.4, 0.5) is 0 Å². The van der Waals surface area contributed by atoms with E-state index in [0.717, 1.165) is 24.3 Å². The first-order valence-corrected chi connectivity index (χ1v) is 9.47. The lowest BCUT2D eigenvalue weighted by atomic mass is 10.1. The van der Waals surface area contributed by atoms with Crippen LogP contribution in [0, 0.1) is 0 Å². The summed E-state index contributed by atoms with van der Waals surface area (Å²) in [5, 5.41) is 3.42. The van der Waals surface area contributed by atoms with Crippen molar-refractivity contribution in [2.24, 2.45) is 0 Å². The van der Waals surface area contributed by atoms with E-state index in [4.69, 9.17) is 4.74 Å². The standard InChI is InChI=1S/C16H27NO3S/c1-4-10-17-14(3)15-8-6-7-9-16(15)20-11-13-21(18,19)12-5-2/h6-9,14,17H,4-5,10-13H2,1-3H3. The van der Waals surface area contributed by atoms with Gasteiger partial charge in [0, 0.05) is 11.6 Å². The van der Waals surface area contributed by atoms with E-state index < -0.39 is 9.84 Å². The van der Waals surface area contributed by atoms with Gasteiger partial charge >= 0.3 is 0 Å². The lowest BCUT2D eigenvalue weighted by molar-refractivity contribution is 0.333. The molecule has 0 aromatic heterocycles. The van der Waals surface area contributed by atoms with Crippen molar-refractivity contribution in [1.29, 1.82) is 0 Å². The number of para-hydroxylation sites is 1. The van der Waals surface area contributed by atoms with Crippen LogP contribution in [0.2, 0.25) is 0 Å². The molecule has 1 unspecified atom stereocenters. The molecule has 0 bridgehead atoms. The van der Waals surface area contributed by atoms with Crippen LogP contribution in [0.3, 0.4) is 0 Å². The zero-order chi connectivity index (χ0) is 15.7. The molecular formula is C16H27NO3S. The normalized spacial score (nSPS) is 13.1. The molecule has 1 rings (SSSR count). The fourth-order valence-corrected chi connectivity index (χ4v) is 3.30. The first kappa shape index (κ1) is 18.0. The topological polar surface area (TPSA) is 55.4 Å². The number of rotatable bonds is 10. The van der Waals surface area contributed by atoms with Gasteiger partial charge in [-0.3, -0.25) is 0 Å². The monoisotopic (exact) mass is 313 g/mol. The van der Waals surface area contributed by atoms with Crippen molar-refractivity contribution in [1.82, 2.24) is 5.32 Å². The zero-order valence-corrected chi connectivity index (χ0v) is 14.1. The fourth-order valence-electron chi connectivity index (χ4n) is 2.13. The highest BCUT2D eigenvalue weighted by molar-refractivity contribution is 7.91. The van der Waals surface area contributed by atoms with E-state index in [1.807, 2.05) is 31.2 Å². The highest BCUT2D eigenvalue weighted by Gasteiger charge is 2.13. The van der Waals surface area contributed by atoms with Crippen molar-refractivity contribution in [3.63, 3.8) is 0 Å². The Hall–Kier alpha value is -1.07. The Morgan fingerprint density at radius 3 is 2.52 bits per heavy atom. The van der Waals surface area contributed by atoms with Crippen LogP contribution in [0.5, 0.6) is 5.75 Å². The van der Waals surface area contributed by atoms with Gasteiger partial charge in [0.25, 0.3) is 0 Å². The summed E-state index contributed by atoms with van der Waals surface area (Å²) in [5.41, 5.74) is 1.07. The van der Waals surface area contributed by atoms with E-state index in [1.54, 1.807) is 0 Å². The van der Waals surface area contributed by atoms with E-state index in [-0.39, 0.29) is 24.2 Å². The third kappa shape index (κ3) is 6.48. The molecule has 21 heavy (non-hydrogen) atoms. The Balaban J connectivity index is 2.63.